The van der Waals surface area contributed by atoms with Gasteiger partial charge in [-0.2, -0.15) is 0 Å². The van der Waals surface area contributed by atoms with Crippen molar-refractivity contribution >= 4 is 22.5 Å². The average molecular weight is 478 g/mol. The Hall–Kier alpha value is -5.17. The monoisotopic (exact) mass is 478 g/mol. The summed E-state index contributed by atoms with van der Waals surface area (Å²) >= 11 is 0. The number of fused-ring (bicyclic) bond motifs is 1. The molecule has 36 heavy (non-hydrogen) atoms. The van der Waals surface area contributed by atoms with Crippen LogP contribution in [0.15, 0.2) is 78.2 Å². The highest BCUT2D eigenvalue weighted by Gasteiger charge is 2.20. The maximum atomic E-state index is 13.9. The van der Waals surface area contributed by atoms with Gasteiger partial charge in [0.25, 0.3) is 5.56 Å². The Morgan fingerprint density at radius 1 is 1.06 bits per heavy atom. The molecule has 9 nitrogen and oxygen atoms in total. The van der Waals surface area contributed by atoms with E-state index in [9.17, 15) is 9.18 Å². The van der Waals surface area contributed by atoms with Crippen LogP contribution in [0.25, 0.3) is 16.6 Å². The number of aromatic nitrogens is 6. The van der Waals surface area contributed by atoms with E-state index in [0.717, 1.165) is 0 Å². The lowest BCUT2D eigenvalue weighted by atomic mass is 10.2. The molecule has 0 aliphatic carbocycles. The second-order valence-electron chi connectivity index (χ2n) is 7.80. The molecule has 2 aromatic carbocycles. The molecule has 176 valence electrons. The summed E-state index contributed by atoms with van der Waals surface area (Å²) in [4.78, 5) is 34.7. The number of hydrogen-bond donors (Lipinski definition) is 2. The molecule has 0 radical (unpaired) electrons. The summed E-state index contributed by atoms with van der Waals surface area (Å²) in [6, 6.07) is 12.4. The van der Waals surface area contributed by atoms with Gasteiger partial charge in [-0.05, 0) is 43.2 Å². The Morgan fingerprint density at radius 2 is 1.89 bits per heavy atom. The fourth-order valence-electron chi connectivity index (χ4n) is 3.68. The van der Waals surface area contributed by atoms with E-state index in [1.54, 1.807) is 18.3 Å². The fraction of sp³-hybridized carbons (Fsp3) is 0.0769. The molecule has 1 unspecified atom stereocenters. The third kappa shape index (κ3) is 4.45. The van der Waals surface area contributed by atoms with Crippen LogP contribution in [0.1, 0.15) is 30.0 Å². The van der Waals surface area contributed by atoms with Crippen LogP contribution in [0, 0.1) is 17.7 Å². The van der Waals surface area contributed by atoms with Crippen molar-refractivity contribution in [1.29, 1.82) is 0 Å². The minimum Gasteiger partial charge on any atom is -0.382 e. The summed E-state index contributed by atoms with van der Waals surface area (Å²) in [5, 5.41) is 3.43. The lowest BCUT2D eigenvalue weighted by molar-refractivity contribution is 0.629. The van der Waals surface area contributed by atoms with Gasteiger partial charge in [0.05, 0.1) is 28.8 Å². The standard InChI is InChI=1S/C26H19FN8O/c1-16(33-24-20(23(28)31-15-32-24)9-8-18-14-29-11-12-30-18)25-34-22-10-7-17(27)13-21(22)26(36)35(25)19-5-3-2-4-6-19/h2-7,10-16H,1H3,(H3,28,31,32,33). The Bertz CT molecular complexity index is 1680. The third-order valence-corrected chi connectivity index (χ3v) is 5.37. The van der Waals surface area contributed by atoms with Crippen LogP contribution in [0.4, 0.5) is 16.0 Å². The summed E-state index contributed by atoms with van der Waals surface area (Å²) in [5.74, 6) is 6.28. The van der Waals surface area contributed by atoms with Gasteiger partial charge in [0.1, 0.15) is 40.9 Å². The number of nitrogens with one attached hydrogen (secondary N) is 1. The average Bonchev–Trinajstić information content (AvgIpc) is 2.89. The zero-order valence-corrected chi connectivity index (χ0v) is 19.1. The van der Waals surface area contributed by atoms with Crippen molar-refractivity contribution in [3.63, 3.8) is 0 Å². The normalized spacial score (nSPS) is 11.5. The number of nitrogens with two attached hydrogens (primary N) is 1. The predicted octanol–water partition coefficient (Wildman–Crippen LogP) is 3.26. The van der Waals surface area contributed by atoms with Crippen LogP contribution in [-0.4, -0.2) is 29.5 Å². The van der Waals surface area contributed by atoms with Crippen molar-refractivity contribution in [2.45, 2.75) is 13.0 Å². The van der Waals surface area contributed by atoms with E-state index in [-0.39, 0.29) is 16.8 Å². The molecule has 10 heteroatoms. The van der Waals surface area contributed by atoms with Gasteiger partial charge in [-0.15, -0.1) is 0 Å². The second-order valence-corrected chi connectivity index (χ2v) is 7.80. The van der Waals surface area contributed by atoms with E-state index in [0.29, 0.717) is 34.1 Å². The molecule has 0 aliphatic heterocycles. The number of halogens is 1. The maximum absolute atomic E-state index is 13.9. The minimum absolute atomic E-state index is 0.177. The molecule has 5 aromatic rings. The van der Waals surface area contributed by atoms with Gasteiger partial charge in [0, 0.05) is 12.4 Å². The topological polar surface area (TPSA) is 124 Å². The molecule has 0 bridgehead atoms. The fourth-order valence-corrected chi connectivity index (χ4v) is 3.68. The third-order valence-electron chi connectivity index (χ3n) is 5.37. The predicted molar refractivity (Wildman–Crippen MR) is 134 cm³/mol. The summed E-state index contributed by atoms with van der Waals surface area (Å²) < 4.78 is 15.4. The zero-order valence-electron chi connectivity index (χ0n) is 19.1. The highest BCUT2D eigenvalue weighted by Crippen LogP contribution is 2.24. The number of rotatable bonds is 4. The molecule has 1 atom stereocenters. The van der Waals surface area contributed by atoms with E-state index in [2.05, 4.69) is 37.1 Å². The van der Waals surface area contributed by atoms with E-state index >= 15 is 0 Å². The van der Waals surface area contributed by atoms with Gasteiger partial charge >= 0.3 is 0 Å². The molecule has 0 amide bonds. The lowest BCUT2D eigenvalue weighted by Crippen LogP contribution is -2.27. The van der Waals surface area contributed by atoms with Crippen LogP contribution < -0.4 is 16.6 Å². The van der Waals surface area contributed by atoms with Crippen molar-refractivity contribution in [3.8, 4) is 17.5 Å². The molecule has 0 fully saturated rings. The quantitative estimate of drug-likeness (QED) is 0.377. The summed E-state index contributed by atoms with van der Waals surface area (Å²) in [6.45, 7) is 1.83. The number of nitrogens with zero attached hydrogens (tertiary/aromatic N) is 6. The van der Waals surface area contributed by atoms with E-state index in [1.807, 2.05) is 25.1 Å². The van der Waals surface area contributed by atoms with Crippen LogP contribution >= 0.6 is 0 Å². The Labute approximate surface area is 204 Å². The van der Waals surface area contributed by atoms with Crippen molar-refractivity contribution in [2.24, 2.45) is 0 Å². The van der Waals surface area contributed by atoms with Crippen LogP contribution in [0.2, 0.25) is 0 Å². The van der Waals surface area contributed by atoms with Gasteiger partial charge in [-0.3, -0.25) is 14.3 Å². The van der Waals surface area contributed by atoms with Crippen LogP contribution in [-0.2, 0) is 0 Å². The minimum atomic E-state index is -0.529. The first kappa shape index (κ1) is 22.6. The smallest absolute Gasteiger partial charge is 0.266 e. The Morgan fingerprint density at radius 3 is 2.67 bits per heavy atom. The summed E-state index contributed by atoms with van der Waals surface area (Å²) in [6.07, 6.45) is 5.94. The molecule has 0 saturated carbocycles. The molecule has 3 heterocycles. The molecule has 0 spiro atoms. The molecule has 0 saturated heterocycles. The number of benzene rings is 2. The first-order chi connectivity index (χ1) is 17.5. The Balaban J connectivity index is 1.61. The summed E-state index contributed by atoms with van der Waals surface area (Å²) in [7, 11) is 0. The highest BCUT2D eigenvalue weighted by molar-refractivity contribution is 5.78. The summed E-state index contributed by atoms with van der Waals surface area (Å²) in [5.41, 5.74) is 7.50. The maximum Gasteiger partial charge on any atom is 0.266 e. The number of para-hydroxylation sites is 1. The molecule has 3 aromatic heterocycles. The van der Waals surface area contributed by atoms with Gasteiger partial charge < -0.3 is 11.1 Å². The molecule has 5 rings (SSSR count). The first-order valence-electron chi connectivity index (χ1n) is 10.9. The van der Waals surface area contributed by atoms with Crippen LogP contribution in [0.3, 0.4) is 0 Å². The molecule has 3 N–H and O–H groups in total. The molecule has 0 aliphatic rings. The van der Waals surface area contributed by atoms with Crippen molar-refractivity contribution in [1.82, 2.24) is 29.5 Å². The van der Waals surface area contributed by atoms with Gasteiger partial charge in [-0.25, -0.2) is 24.3 Å². The number of hydrogen-bond acceptors (Lipinski definition) is 8. The first-order valence-corrected chi connectivity index (χ1v) is 10.9. The van der Waals surface area contributed by atoms with Crippen molar-refractivity contribution < 1.29 is 4.39 Å². The van der Waals surface area contributed by atoms with E-state index < -0.39 is 11.9 Å². The number of nitrogen functional groups attached to an aromatic ring is 1. The SMILES string of the molecule is CC(Nc1ncnc(N)c1C#Cc1cnccn1)c1nc2ccc(F)cc2c(=O)n1-c1ccccc1. The molecular weight excluding hydrogens is 459 g/mol. The van der Waals surface area contributed by atoms with Crippen molar-refractivity contribution in [3.05, 3.63) is 107 Å². The van der Waals surface area contributed by atoms with Crippen LogP contribution in [0.5, 0.6) is 0 Å². The van der Waals surface area contributed by atoms with E-state index in [4.69, 9.17) is 10.7 Å². The largest absolute Gasteiger partial charge is 0.382 e. The van der Waals surface area contributed by atoms with Gasteiger partial charge in [-0.1, -0.05) is 24.1 Å². The zero-order chi connectivity index (χ0) is 25.1. The number of anilines is 2. The van der Waals surface area contributed by atoms with Crippen molar-refractivity contribution in [2.75, 3.05) is 11.1 Å². The van der Waals surface area contributed by atoms with E-state index in [1.165, 1.54) is 41.5 Å². The van der Waals surface area contributed by atoms with Gasteiger partial charge in [0.2, 0.25) is 0 Å². The van der Waals surface area contributed by atoms with Gasteiger partial charge in [0.15, 0.2) is 0 Å². The Kier molecular flexibility index (Phi) is 6.03. The molecular formula is C26H19FN8O. The second kappa shape index (κ2) is 9.60. The highest BCUT2D eigenvalue weighted by atomic mass is 19.1. The lowest BCUT2D eigenvalue weighted by Gasteiger charge is -2.20.